The van der Waals surface area contributed by atoms with E-state index in [1.165, 1.54) is 0 Å². The van der Waals surface area contributed by atoms with E-state index >= 15 is 0 Å². The molecule has 7 nitrogen and oxygen atoms in total. The van der Waals surface area contributed by atoms with Crippen molar-refractivity contribution in [1.82, 2.24) is 5.32 Å². The van der Waals surface area contributed by atoms with E-state index in [1.54, 1.807) is 57.7 Å². The molecule has 0 radical (unpaired) electrons. The van der Waals surface area contributed by atoms with Gasteiger partial charge in [-0.25, -0.2) is 0 Å². The number of hydrogen-bond donors (Lipinski definition) is 1. The molecule has 3 rings (SSSR count). The van der Waals surface area contributed by atoms with E-state index < -0.39 is 10.8 Å². The average Bonchev–Trinajstić information content (AvgIpc) is 3.27. The molecule has 0 aliphatic rings. The number of carbonyl (C=O) groups excluding carboxylic acids is 1. The molecule has 0 saturated heterocycles. The Morgan fingerprint density at radius 1 is 0.935 bits per heavy atom. The van der Waals surface area contributed by atoms with Gasteiger partial charge in [-0.15, -0.1) is 0 Å². The summed E-state index contributed by atoms with van der Waals surface area (Å²) in [6.07, 6.45) is 0.571. The van der Waals surface area contributed by atoms with Gasteiger partial charge in [0.25, 0.3) is 5.91 Å². The van der Waals surface area contributed by atoms with Crippen molar-refractivity contribution >= 4 is 16.7 Å². The molecule has 0 spiro atoms. The molecule has 164 valence electrons. The topological polar surface area (TPSA) is 87.0 Å². The van der Waals surface area contributed by atoms with Gasteiger partial charge < -0.3 is 23.9 Å². The first kappa shape index (κ1) is 22.4. The highest BCUT2D eigenvalue weighted by atomic mass is 32.2. The highest BCUT2D eigenvalue weighted by Crippen LogP contribution is 2.24. The fourth-order valence-electron chi connectivity index (χ4n) is 2.99. The Balaban J connectivity index is 1.55. The number of hydrogen-bond acceptors (Lipinski definition) is 6. The van der Waals surface area contributed by atoms with Crippen LogP contribution in [0.25, 0.3) is 0 Å². The van der Waals surface area contributed by atoms with Crippen LogP contribution < -0.4 is 19.5 Å². The smallest absolute Gasteiger partial charge is 0.287 e. The number of nitrogens with one attached hydrogen (secondary N) is 1. The molecule has 1 amide bonds. The Hall–Kier alpha value is -3.26. The van der Waals surface area contributed by atoms with Crippen molar-refractivity contribution in [2.45, 2.75) is 17.1 Å². The van der Waals surface area contributed by atoms with Gasteiger partial charge >= 0.3 is 0 Å². The SMILES string of the molecule is COc1ccc(S(=O)Cc2ccc(C(=O)NCCc3cc(OC)ccc3OC)o2)cc1. The van der Waals surface area contributed by atoms with E-state index in [-0.39, 0.29) is 17.4 Å². The van der Waals surface area contributed by atoms with Crippen molar-refractivity contribution in [3.05, 3.63) is 71.7 Å². The van der Waals surface area contributed by atoms with Crippen LogP contribution in [0.5, 0.6) is 17.2 Å². The molecule has 1 unspecified atom stereocenters. The molecule has 0 bridgehead atoms. The van der Waals surface area contributed by atoms with Crippen LogP contribution in [-0.2, 0) is 23.0 Å². The second-order valence-corrected chi connectivity index (χ2v) is 8.07. The number of amides is 1. The van der Waals surface area contributed by atoms with E-state index in [0.29, 0.717) is 29.4 Å². The van der Waals surface area contributed by atoms with Crippen LogP contribution in [-0.4, -0.2) is 38.0 Å². The van der Waals surface area contributed by atoms with Crippen LogP contribution in [0.1, 0.15) is 21.9 Å². The Kier molecular flexibility index (Phi) is 7.72. The van der Waals surface area contributed by atoms with Crippen LogP contribution in [0.3, 0.4) is 0 Å². The van der Waals surface area contributed by atoms with Gasteiger partial charge in [-0.1, -0.05) is 0 Å². The van der Waals surface area contributed by atoms with Crippen LogP contribution in [0.4, 0.5) is 0 Å². The molecule has 1 N–H and O–H groups in total. The first-order valence-electron chi connectivity index (χ1n) is 9.64. The number of ether oxygens (including phenoxy) is 3. The molecule has 0 saturated carbocycles. The molecule has 1 aromatic heterocycles. The predicted octanol–water partition coefficient (Wildman–Crippen LogP) is 3.59. The molecule has 0 fully saturated rings. The molecule has 1 heterocycles. The Bertz CT molecular complexity index is 1040. The lowest BCUT2D eigenvalue weighted by atomic mass is 10.1. The number of carbonyl (C=O) groups is 1. The van der Waals surface area contributed by atoms with E-state index in [0.717, 1.165) is 17.1 Å². The summed E-state index contributed by atoms with van der Waals surface area (Å²) in [5, 5.41) is 2.83. The van der Waals surface area contributed by atoms with Crippen molar-refractivity contribution in [3.63, 3.8) is 0 Å². The normalized spacial score (nSPS) is 11.6. The molecule has 1 atom stereocenters. The van der Waals surface area contributed by atoms with Gasteiger partial charge in [0.05, 0.1) is 37.9 Å². The lowest BCUT2D eigenvalue weighted by Crippen LogP contribution is -2.25. The second-order valence-electron chi connectivity index (χ2n) is 6.62. The minimum atomic E-state index is -1.29. The van der Waals surface area contributed by atoms with Gasteiger partial charge in [0.2, 0.25) is 0 Å². The molecule has 0 aliphatic carbocycles. The minimum Gasteiger partial charge on any atom is -0.497 e. The maximum Gasteiger partial charge on any atom is 0.287 e. The maximum absolute atomic E-state index is 12.5. The number of rotatable bonds is 10. The average molecular weight is 444 g/mol. The molecule has 8 heteroatoms. The zero-order valence-electron chi connectivity index (χ0n) is 17.7. The summed E-state index contributed by atoms with van der Waals surface area (Å²) in [5.74, 6) is 2.67. The van der Waals surface area contributed by atoms with Gasteiger partial charge in [-0.05, 0) is 66.6 Å². The zero-order chi connectivity index (χ0) is 22.2. The Labute approximate surface area is 183 Å². The summed E-state index contributed by atoms with van der Waals surface area (Å²) in [5.41, 5.74) is 0.928. The first-order valence-corrected chi connectivity index (χ1v) is 11.0. The highest BCUT2D eigenvalue weighted by molar-refractivity contribution is 7.84. The van der Waals surface area contributed by atoms with Crippen molar-refractivity contribution in [1.29, 1.82) is 0 Å². The van der Waals surface area contributed by atoms with E-state index in [2.05, 4.69) is 5.32 Å². The Morgan fingerprint density at radius 3 is 2.32 bits per heavy atom. The molecular weight excluding hydrogens is 418 g/mol. The number of benzene rings is 2. The lowest BCUT2D eigenvalue weighted by molar-refractivity contribution is 0.0925. The van der Waals surface area contributed by atoms with Gasteiger partial charge in [0, 0.05) is 11.4 Å². The standard InChI is InChI=1S/C23H25NO6S/c1-27-17-4-8-20(9-5-17)31(26)15-19-7-11-22(30-19)23(25)24-13-12-16-14-18(28-2)6-10-21(16)29-3/h4-11,14H,12-13,15H2,1-3H3,(H,24,25). The van der Waals surface area contributed by atoms with Gasteiger partial charge in [0.15, 0.2) is 5.76 Å². The first-order chi connectivity index (χ1) is 15.0. The fourth-order valence-corrected chi connectivity index (χ4v) is 4.01. The Morgan fingerprint density at radius 2 is 1.65 bits per heavy atom. The van der Waals surface area contributed by atoms with Gasteiger partial charge in [0.1, 0.15) is 23.0 Å². The summed E-state index contributed by atoms with van der Waals surface area (Å²) >= 11 is 0. The third-order valence-corrected chi connectivity index (χ3v) is 5.99. The molecular formula is C23H25NO6S. The van der Waals surface area contributed by atoms with Crippen LogP contribution in [0.2, 0.25) is 0 Å². The largest absolute Gasteiger partial charge is 0.497 e. The highest BCUT2D eigenvalue weighted by Gasteiger charge is 2.14. The third-order valence-electron chi connectivity index (χ3n) is 4.65. The number of methoxy groups -OCH3 is 3. The van der Waals surface area contributed by atoms with Crippen LogP contribution in [0.15, 0.2) is 63.9 Å². The summed E-state index contributed by atoms with van der Waals surface area (Å²) < 4.78 is 33.8. The van der Waals surface area contributed by atoms with Gasteiger partial charge in [-0.2, -0.15) is 0 Å². The van der Waals surface area contributed by atoms with Crippen LogP contribution in [0, 0.1) is 0 Å². The molecule has 0 aliphatic heterocycles. The fraction of sp³-hybridized carbons (Fsp3) is 0.261. The minimum absolute atomic E-state index is 0.180. The molecule has 2 aromatic carbocycles. The monoisotopic (exact) mass is 443 g/mol. The third kappa shape index (κ3) is 5.88. The van der Waals surface area contributed by atoms with Crippen molar-refractivity contribution in [3.8, 4) is 17.2 Å². The summed E-state index contributed by atoms with van der Waals surface area (Å²) in [4.78, 5) is 13.1. The van der Waals surface area contributed by atoms with E-state index in [1.807, 2.05) is 18.2 Å². The van der Waals surface area contributed by atoms with Crippen molar-refractivity contribution in [2.24, 2.45) is 0 Å². The lowest BCUT2D eigenvalue weighted by Gasteiger charge is -2.10. The summed E-state index contributed by atoms with van der Waals surface area (Å²) in [6.45, 7) is 0.399. The van der Waals surface area contributed by atoms with E-state index in [4.69, 9.17) is 18.6 Å². The quantitative estimate of drug-likeness (QED) is 0.515. The van der Waals surface area contributed by atoms with Crippen LogP contribution >= 0.6 is 0 Å². The maximum atomic E-state index is 12.5. The van der Waals surface area contributed by atoms with E-state index in [9.17, 15) is 9.00 Å². The van der Waals surface area contributed by atoms with Gasteiger partial charge in [-0.3, -0.25) is 9.00 Å². The van der Waals surface area contributed by atoms with Crippen molar-refractivity contribution < 1.29 is 27.6 Å². The van der Waals surface area contributed by atoms with Crippen molar-refractivity contribution in [2.75, 3.05) is 27.9 Å². The summed E-state index contributed by atoms with van der Waals surface area (Å²) in [6, 6.07) is 15.8. The zero-order valence-corrected chi connectivity index (χ0v) is 18.5. The molecule has 31 heavy (non-hydrogen) atoms. The second kappa shape index (κ2) is 10.7. The summed E-state index contributed by atoms with van der Waals surface area (Å²) in [7, 11) is 3.49. The number of furan rings is 1. The molecule has 3 aromatic rings. The predicted molar refractivity (Wildman–Crippen MR) is 117 cm³/mol.